The summed E-state index contributed by atoms with van der Waals surface area (Å²) in [6, 6.07) is 9.16. The Bertz CT molecular complexity index is 368. The molecule has 0 aromatic heterocycles. The third-order valence-corrected chi connectivity index (χ3v) is 5.19. The lowest BCUT2D eigenvalue weighted by Gasteiger charge is -2.32. The Hall–Kier alpha value is 0.130. The molecule has 0 radical (unpaired) electrons. The molecule has 2 heteroatoms. The average Bonchev–Trinajstić information content (AvgIpc) is 2.49. The van der Waals surface area contributed by atoms with Crippen LogP contribution in [0.1, 0.15) is 83.3 Å². The van der Waals surface area contributed by atoms with Gasteiger partial charge in [-0.05, 0) is 36.8 Å². The van der Waals surface area contributed by atoms with Crippen molar-refractivity contribution in [1.29, 1.82) is 0 Å². The SMILES string of the molecule is Br.CCCCc1ccccc1C(P)(CCCC)CCCC. The molecule has 0 amide bonds. The third-order valence-electron chi connectivity index (χ3n) is 4.31. The van der Waals surface area contributed by atoms with Crippen LogP contribution in [0.3, 0.4) is 0 Å². The first-order valence-electron chi connectivity index (χ1n) is 8.55. The summed E-state index contributed by atoms with van der Waals surface area (Å²) in [4.78, 5) is 0. The van der Waals surface area contributed by atoms with E-state index in [-0.39, 0.29) is 17.0 Å². The maximum absolute atomic E-state index is 3.23. The van der Waals surface area contributed by atoms with Crippen LogP contribution in [0.15, 0.2) is 24.3 Å². The van der Waals surface area contributed by atoms with Gasteiger partial charge >= 0.3 is 0 Å². The fraction of sp³-hybridized carbons (Fsp3) is 0.684. The predicted octanol–water partition coefficient (Wildman–Crippen LogP) is 7.06. The van der Waals surface area contributed by atoms with Crippen molar-refractivity contribution in [2.24, 2.45) is 0 Å². The van der Waals surface area contributed by atoms with Crippen LogP contribution in [-0.2, 0) is 11.6 Å². The summed E-state index contributed by atoms with van der Waals surface area (Å²) in [5.41, 5.74) is 3.18. The van der Waals surface area contributed by atoms with E-state index < -0.39 is 0 Å². The highest BCUT2D eigenvalue weighted by Gasteiger charge is 2.27. The molecule has 1 aromatic rings. The second-order valence-corrected chi connectivity index (χ2v) is 7.23. The van der Waals surface area contributed by atoms with E-state index in [2.05, 4.69) is 54.3 Å². The van der Waals surface area contributed by atoms with E-state index in [0.717, 1.165) is 0 Å². The van der Waals surface area contributed by atoms with Crippen LogP contribution in [0.2, 0.25) is 0 Å². The van der Waals surface area contributed by atoms with Crippen molar-refractivity contribution in [2.75, 3.05) is 0 Å². The van der Waals surface area contributed by atoms with E-state index in [1.54, 1.807) is 11.1 Å². The second-order valence-electron chi connectivity index (χ2n) is 6.12. The average molecular weight is 373 g/mol. The monoisotopic (exact) mass is 372 g/mol. The molecule has 0 aliphatic rings. The minimum atomic E-state index is 0. The Morgan fingerprint density at radius 1 is 0.857 bits per heavy atom. The summed E-state index contributed by atoms with van der Waals surface area (Å²) >= 11 is 0. The lowest BCUT2D eigenvalue weighted by atomic mass is 9.84. The summed E-state index contributed by atoms with van der Waals surface area (Å²) < 4.78 is 0. The number of rotatable bonds is 10. The zero-order chi connectivity index (χ0) is 14.8. The Labute approximate surface area is 145 Å². The fourth-order valence-electron chi connectivity index (χ4n) is 2.97. The summed E-state index contributed by atoms with van der Waals surface area (Å²) in [6.07, 6.45) is 11.7. The molecule has 0 aliphatic heterocycles. The molecular weight excluding hydrogens is 339 g/mol. The van der Waals surface area contributed by atoms with Crippen LogP contribution in [0.5, 0.6) is 0 Å². The molecule has 1 unspecified atom stereocenters. The van der Waals surface area contributed by atoms with Gasteiger partial charge in [0.25, 0.3) is 0 Å². The fourth-order valence-corrected chi connectivity index (χ4v) is 3.66. The van der Waals surface area contributed by atoms with Crippen LogP contribution in [0.25, 0.3) is 0 Å². The molecule has 0 nitrogen and oxygen atoms in total. The maximum atomic E-state index is 3.23. The zero-order valence-electron chi connectivity index (χ0n) is 14.2. The highest BCUT2D eigenvalue weighted by atomic mass is 79.9. The van der Waals surface area contributed by atoms with Gasteiger partial charge in [0, 0.05) is 5.16 Å². The molecule has 21 heavy (non-hydrogen) atoms. The number of hydrogen-bond acceptors (Lipinski definition) is 0. The minimum Gasteiger partial charge on any atom is -0.126 e. The topological polar surface area (TPSA) is 0 Å². The van der Waals surface area contributed by atoms with Crippen molar-refractivity contribution in [2.45, 2.75) is 83.7 Å². The van der Waals surface area contributed by atoms with Gasteiger partial charge in [0.1, 0.15) is 0 Å². The molecule has 1 atom stereocenters. The molecule has 122 valence electrons. The second kappa shape index (κ2) is 11.7. The highest BCUT2D eigenvalue weighted by Crippen LogP contribution is 2.43. The Morgan fingerprint density at radius 2 is 1.38 bits per heavy atom. The molecule has 0 N–H and O–H groups in total. The van der Waals surface area contributed by atoms with Gasteiger partial charge in [0.05, 0.1) is 0 Å². The Morgan fingerprint density at radius 3 is 1.90 bits per heavy atom. The van der Waals surface area contributed by atoms with E-state index in [0.29, 0.717) is 5.16 Å². The predicted molar refractivity (Wildman–Crippen MR) is 106 cm³/mol. The van der Waals surface area contributed by atoms with E-state index >= 15 is 0 Å². The molecule has 1 aromatic carbocycles. The van der Waals surface area contributed by atoms with Gasteiger partial charge in [0.2, 0.25) is 0 Å². The van der Waals surface area contributed by atoms with Gasteiger partial charge in [-0.15, -0.1) is 26.2 Å². The lowest BCUT2D eigenvalue weighted by molar-refractivity contribution is 0.476. The first kappa shape index (κ1) is 21.1. The molecule has 0 fully saturated rings. The normalized spacial score (nSPS) is 11.2. The number of benzene rings is 1. The standard InChI is InChI=1S/C19H33P.BrH/c1-4-7-12-17-13-10-11-14-18(17)19(20,15-8-5-2)16-9-6-3;/h10-11,13-14H,4-9,12,15-16,20H2,1-3H3;1H. The van der Waals surface area contributed by atoms with Gasteiger partial charge in [-0.25, -0.2) is 0 Å². The number of unbranched alkanes of at least 4 members (excludes halogenated alkanes) is 3. The molecular formula is C19H34BrP. The Kier molecular flexibility index (Phi) is 11.7. The van der Waals surface area contributed by atoms with Crippen LogP contribution in [0.4, 0.5) is 0 Å². The summed E-state index contributed by atoms with van der Waals surface area (Å²) in [7, 11) is 3.23. The Balaban J connectivity index is 0.00000400. The number of halogens is 1. The molecule has 1 rings (SSSR count). The van der Waals surface area contributed by atoms with Crippen LogP contribution < -0.4 is 0 Å². The van der Waals surface area contributed by atoms with E-state index in [1.807, 2.05) is 0 Å². The van der Waals surface area contributed by atoms with Gasteiger partial charge in [0.15, 0.2) is 0 Å². The van der Waals surface area contributed by atoms with Gasteiger partial charge in [-0.2, -0.15) is 0 Å². The van der Waals surface area contributed by atoms with E-state index in [4.69, 9.17) is 0 Å². The highest BCUT2D eigenvalue weighted by molar-refractivity contribution is 8.93. The van der Waals surface area contributed by atoms with Crippen molar-refractivity contribution in [3.63, 3.8) is 0 Å². The first-order valence-corrected chi connectivity index (χ1v) is 9.13. The minimum absolute atomic E-state index is 0. The van der Waals surface area contributed by atoms with Gasteiger partial charge in [-0.1, -0.05) is 77.1 Å². The molecule has 0 heterocycles. The molecule has 0 aliphatic carbocycles. The summed E-state index contributed by atoms with van der Waals surface area (Å²) in [5.74, 6) is 0. The smallest absolute Gasteiger partial charge is 0.0100 e. The lowest BCUT2D eigenvalue weighted by Crippen LogP contribution is -2.20. The van der Waals surface area contributed by atoms with E-state index in [1.165, 1.54) is 57.8 Å². The quantitative estimate of drug-likeness (QED) is 0.385. The van der Waals surface area contributed by atoms with Crippen LogP contribution in [-0.4, -0.2) is 0 Å². The van der Waals surface area contributed by atoms with E-state index in [9.17, 15) is 0 Å². The molecule has 0 bridgehead atoms. The molecule has 0 spiro atoms. The van der Waals surface area contributed by atoms with Crippen molar-refractivity contribution in [1.82, 2.24) is 0 Å². The summed E-state index contributed by atoms with van der Waals surface area (Å²) in [5, 5.41) is 0.302. The van der Waals surface area contributed by atoms with Crippen molar-refractivity contribution in [3.8, 4) is 0 Å². The van der Waals surface area contributed by atoms with Crippen molar-refractivity contribution >= 4 is 26.2 Å². The molecule has 0 saturated heterocycles. The maximum Gasteiger partial charge on any atom is 0.0100 e. The summed E-state index contributed by atoms with van der Waals surface area (Å²) in [6.45, 7) is 6.88. The van der Waals surface area contributed by atoms with Crippen molar-refractivity contribution in [3.05, 3.63) is 35.4 Å². The van der Waals surface area contributed by atoms with Gasteiger partial charge < -0.3 is 0 Å². The first-order chi connectivity index (χ1) is 9.68. The van der Waals surface area contributed by atoms with Crippen LogP contribution in [0, 0.1) is 0 Å². The number of hydrogen-bond donors (Lipinski definition) is 0. The third kappa shape index (κ3) is 6.83. The largest absolute Gasteiger partial charge is 0.126 e. The van der Waals surface area contributed by atoms with Crippen LogP contribution >= 0.6 is 26.2 Å². The zero-order valence-corrected chi connectivity index (χ0v) is 17.0. The van der Waals surface area contributed by atoms with Gasteiger partial charge in [-0.3, -0.25) is 0 Å². The molecule has 0 saturated carbocycles. The van der Waals surface area contributed by atoms with Crippen molar-refractivity contribution < 1.29 is 0 Å². The number of aryl methyl sites for hydroxylation is 1.